The van der Waals surface area contributed by atoms with Gasteiger partial charge in [0.25, 0.3) is 15.0 Å². The standard InChI is InChI=1S/C14H17BrClNO3S/c1-3-17(8-10-4-5-10)14(18)12-6-11(21(16,19)20)7-13(15)9(12)2/h6-7,10H,3-5,8H2,1-2H3. The van der Waals surface area contributed by atoms with Crippen LogP contribution in [0.15, 0.2) is 21.5 Å². The Morgan fingerprint density at radius 3 is 2.52 bits per heavy atom. The predicted molar refractivity (Wildman–Crippen MR) is 86.2 cm³/mol. The van der Waals surface area contributed by atoms with Gasteiger partial charge in [0, 0.05) is 33.8 Å². The summed E-state index contributed by atoms with van der Waals surface area (Å²) < 4.78 is 23.6. The number of hydrogen-bond donors (Lipinski definition) is 0. The first-order valence-electron chi connectivity index (χ1n) is 6.78. The van der Waals surface area contributed by atoms with Crippen LogP contribution in [0.5, 0.6) is 0 Å². The van der Waals surface area contributed by atoms with E-state index in [1.165, 1.54) is 12.1 Å². The van der Waals surface area contributed by atoms with Gasteiger partial charge in [0.05, 0.1) is 4.90 Å². The number of halogens is 2. The van der Waals surface area contributed by atoms with Crippen LogP contribution in [-0.2, 0) is 9.05 Å². The quantitative estimate of drug-likeness (QED) is 0.718. The van der Waals surface area contributed by atoms with Crippen LogP contribution >= 0.6 is 26.6 Å². The third-order valence-corrected chi connectivity index (χ3v) is 5.83. The van der Waals surface area contributed by atoms with E-state index < -0.39 is 9.05 Å². The molecule has 0 heterocycles. The SMILES string of the molecule is CCN(CC1CC1)C(=O)c1cc(S(=O)(=O)Cl)cc(Br)c1C. The Kier molecular flexibility index (Phi) is 5.00. The van der Waals surface area contributed by atoms with Gasteiger partial charge in [-0.1, -0.05) is 15.9 Å². The fourth-order valence-electron chi connectivity index (χ4n) is 2.15. The van der Waals surface area contributed by atoms with Crippen LogP contribution in [0.4, 0.5) is 0 Å². The molecule has 1 aromatic carbocycles. The van der Waals surface area contributed by atoms with Crippen LogP contribution < -0.4 is 0 Å². The van der Waals surface area contributed by atoms with Crippen LogP contribution in [0.1, 0.15) is 35.7 Å². The third-order valence-electron chi connectivity index (χ3n) is 3.67. The topological polar surface area (TPSA) is 54.5 Å². The highest BCUT2D eigenvalue weighted by molar-refractivity contribution is 9.10. The molecule has 1 aliphatic carbocycles. The number of benzene rings is 1. The molecule has 4 nitrogen and oxygen atoms in total. The lowest BCUT2D eigenvalue weighted by Crippen LogP contribution is -2.33. The maximum atomic E-state index is 12.7. The molecule has 1 amide bonds. The van der Waals surface area contributed by atoms with Crippen LogP contribution in [0.25, 0.3) is 0 Å². The van der Waals surface area contributed by atoms with Crippen molar-refractivity contribution in [2.24, 2.45) is 5.92 Å². The summed E-state index contributed by atoms with van der Waals surface area (Å²) in [5.41, 5.74) is 1.10. The molecule has 7 heteroatoms. The molecule has 0 spiro atoms. The van der Waals surface area contributed by atoms with Gasteiger partial charge in [0.1, 0.15) is 0 Å². The van der Waals surface area contributed by atoms with Crippen molar-refractivity contribution in [3.8, 4) is 0 Å². The van der Waals surface area contributed by atoms with E-state index in [2.05, 4.69) is 15.9 Å². The van der Waals surface area contributed by atoms with Gasteiger partial charge in [-0.25, -0.2) is 8.42 Å². The van der Waals surface area contributed by atoms with Gasteiger partial charge < -0.3 is 4.90 Å². The molecule has 0 aliphatic heterocycles. The van der Waals surface area contributed by atoms with Gasteiger partial charge in [0.2, 0.25) is 0 Å². The van der Waals surface area contributed by atoms with Crippen molar-refractivity contribution in [3.63, 3.8) is 0 Å². The maximum absolute atomic E-state index is 12.7. The summed E-state index contributed by atoms with van der Waals surface area (Å²) >= 11 is 3.30. The molecule has 116 valence electrons. The van der Waals surface area contributed by atoms with Crippen molar-refractivity contribution in [3.05, 3.63) is 27.7 Å². The van der Waals surface area contributed by atoms with Gasteiger partial charge in [-0.05, 0) is 50.3 Å². The molecule has 21 heavy (non-hydrogen) atoms. The van der Waals surface area contributed by atoms with Crippen molar-refractivity contribution in [2.75, 3.05) is 13.1 Å². The molecule has 1 fully saturated rings. The highest BCUT2D eigenvalue weighted by Gasteiger charge is 2.28. The minimum absolute atomic E-state index is 0.0625. The van der Waals surface area contributed by atoms with Crippen molar-refractivity contribution < 1.29 is 13.2 Å². The van der Waals surface area contributed by atoms with Crippen LogP contribution in [0.2, 0.25) is 0 Å². The Bertz CT molecular complexity index is 671. The molecule has 0 aromatic heterocycles. The van der Waals surface area contributed by atoms with Crippen molar-refractivity contribution >= 4 is 41.6 Å². The minimum Gasteiger partial charge on any atom is -0.339 e. The van der Waals surface area contributed by atoms with E-state index >= 15 is 0 Å². The Labute approximate surface area is 138 Å². The summed E-state index contributed by atoms with van der Waals surface area (Å²) in [5.74, 6) is 0.433. The lowest BCUT2D eigenvalue weighted by molar-refractivity contribution is 0.0756. The highest BCUT2D eigenvalue weighted by atomic mass is 79.9. The molecule has 1 aliphatic rings. The Morgan fingerprint density at radius 1 is 1.43 bits per heavy atom. The van der Waals surface area contributed by atoms with E-state index in [0.29, 0.717) is 22.5 Å². The lowest BCUT2D eigenvalue weighted by Gasteiger charge is -2.22. The second kappa shape index (κ2) is 6.26. The second-order valence-electron chi connectivity index (χ2n) is 5.30. The average Bonchev–Trinajstić information content (AvgIpc) is 3.21. The fraction of sp³-hybridized carbons (Fsp3) is 0.500. The van der Waals surface area contributed by atoms with Crippen LogP contribution in [0, 0.1) is 12.8 Å². The first kappa shape index (κ1) is 16.8. The third kappa shape index (κ3) is 3.99. The maximum Gasteiger partial charge on any atom is 0.261 e. The number of amides is 1. The molecule has 0 atom stereocenters. The molecular formula is C14H17BrClNO3S. The first-order chi connectivity index (χ1) is 9.74. The monoisotopic (exact) mass is 393 g/mol. The van der Waals surface area contributed by atoms with E-state index in [4.69, 9.17) is 10.7 Å². The number of nitrogens with zero attached hydrogens (tertiary/aromatic N) is 1. The van der Waals surface area contributed by atoms with Crippen molar-refractivity contribution in [2.45, 2.75) is 31.6 Å². The van der Waals surface area contributed by atoms with E-state index in [0.717, 1.165) is 24.9 Å². The van der Waals surface area contributed by atoms with E-state index in [1.54, 1.807) is 11.8 Å². The molecule has 0 radical (unpaired) electrons. The molecule has 1 saturated carbocycles. The average molecular weight is 395 g/mol. The number of rotatable bonds is 5. The summed E-state index contributed by atoms with van der Waals surface area (Å²) in [6, 6.07) is 2.78. The van der Waals surface area contributed by atoms with Crippen molar-refractivity contribution in [1.82, 2.24) is 4.90 Å². The lowest BCUT2D eigenvalue weighted by atomic mass is 10.1. The van der Waals surface area contributed by atoms with Gasteiger partial charge in [-0.15, -0.1) is 0 Å². The number of carbonyl (C=O) groups excluding carboxylic acids is 1. The first-order valence-corrected chi connectivity index (χ1v) is 9.88. The summed E-state index contributed by atoms with van der Waals surface area (Å²) in [5, 5.41) is 0. The Morgan fingerprint density at radius 2 is 2.05 bits per heavy atom. The fourth-order valence-corrected chi connectivity index (χ4v) is 3.55. The summed E-state index contributed by atoms with van der Waals surface area (Å²) in [6.45, 7) is 5.04. The largest absolute Gasteiger partial charge is 0.339 e. The van der Waals surface area contributed by atoms with Gasteiger partial charge >= 0.3 is 0 Å². The normalized spacial score (nSPS) is 15.0. The van der Waals surface area contributed by atoms with E-state index in [1.807, 2.05) is 6.92 Å². The highest BCUT2D eigenvalue weighted by Crippen LogP contribution is 2.31. The van der Waals surface area contributed by atoms with E-state index in [-0.39, 0.29) is 10.8 Å². The van der Waals surface area contributed by atoms with Gasteiger partial charge in [0.15, 0.2) is 0 Å². The number of hydrogen-bond acceptors (Lipinski definition) is 3. The van der Waals surface area contributed by atoms with Crippen LogP contribution in [-0.4, -0.2) is 32.3 Å². The van der Waals surface area contributed by atoms with Crippen LogP contribution in [0.3, 0.4) is 0 Å². The zero-order chi connectivity index (χ0) is 15.8. The smallest absolute Gasteiger partial charge is 0.261 e. The summed E-state index contributed by atoms with van der Waals surface area (Å²) in [4.78, 5) is 14.4. The zero-order valence-corrected chi connectivity index (χ0v) is 15.1. The Hall–Kier alpha value is -0.590. The Balaban J connectivity index is 2.41. The second-order valence-corrected chi connectivity index (χ2v) is 8.72. The van der Waals surface area contributed by atoms with E-state index in [9.17, 15) is 13.2 Å². The summed E-state index contributed by atoms with van der Waals surface area (Å²) in [6.07, 6.45) is 2.31. The minimum atomic E-state index is -3.87. The molecule has 1 aromatic rings. The zero-order valence-electron chi connectivity index (χ0n) is 11.9. The van der Waals surface area contributed by atoms with Gasteiger partial charge in [-0.3, -0.25) is 4.79 Å². The van der Waals surface area contributed by atoms with Gasteiger partial charge in [-0.2, -0.15) is 0 Å². The molecular weight excluding hydrogens is 378 g/mol. The molecule has 0 saturated heterocycles. The predicted octanol–water partition coefficient (Wildman–Crippen LogP) is 3.56. The van der Waals surface area contributed by atoms with Crippen molar-refractivity contribution in [1.29, 1.82) is 0 Å². The molecule has 0 unspecified atom stereocenters. The molecule has 2 rings (SSSR count). The number of carbonyl (C=O) groups is 1. The molecule has 0 N–H and O–H groups in total. The molecule has 0 bridgehead atoms. The summed E-state index contributed by atoms with van der Waals surface area (Å²) in [7, 11) is 1.52.